The number of aliphatic hydroxyl groups excluding tert-OH is 8. The molecule has 23 heavy (non-hydrogen) atoms. The summed E-state index contributed by atoms with van der Waals surface area (Å²) in [5.41, 5.74) is 0. The Kier molecular flexibility index (Phi) is 5.60. The van der Waals surface area contributed by atoms with Crippen LogP contribution in [-0.4, -0.2) is 120 Å². The molecule has 2 unspecified atom stereocenters. The average Bonchev–Trinajstić information content (AvgIpc) is 2.54. The van der Waals surface area contributed by atoms with Crippen molar-refractivity contribution in [3.8, 4) is 0 Å². The number of aliphatic hydroxyl groups is 9. The highest BCUT2D eigenvalue weighted by atomic mass is 16.7. The molecule has 0 aliphatic carbocycles. The first-order valence-electron chi connectivity index (χ1n) is 7.04. The summed E-state index contributed by atoms with van der Waals surface area (Å²) in [6.45, 7) is -1.37. The SMILES string of the molecule is OC[C@H]1OC(C(O)[C@@]2(O)OC[C@@H](O)[C@@H](O)[C@@H]2O)[C@H](O)[C@@H](O)[C@@H]1O. The average molecular weight is 342 g/mol. The third-order valence-corrected chi connectivity index (χ3v) is 4.29. The van der Waals surface area contributed by atoms with E-state index in [9.17, 15) is 40.9 Å². The highest BCUT2D eigenvalue weighted by Crippen LogP contribution is 2.33. The normalized spacial score (nSPS) is 53.1. The summed E-state index contributed by atoms with van der Waals surface area (Å²) in [6.07, 6.45) is -16.1. The van der Waals surface area contributed by atoms with Gasteiger partial charge in [-0.2, -0.15) is 0 Å². The molecular formula is C12H22O11. The van der Waals surface area contributed by atoms with Gasteiger partial charge in [-0.25, -0.2) is 0 Å². The van der Waals surface area contributed by atoms with Crippen molar-refractivity contribution in [3.05, 3.63) is 0 Å². The summed E-state index contributed by atoms with van der Waals surface area (Å²) in [5.74, 6) is -2.81. The van der Waals surface area contributed by atoms with Crippen molar-refractivity contribution >= 4 is 0 Å². The molecule has 10 atom stereocenters. The van der Waals surface area contributed by atoms with Crippen molar-refractivity contribution in [2.24, 2.45) is 0 Å². The summed E-state index contributed by atoms with van der Waals surface area (Å²) < 4.78 is 9.87. The zero-order valence-electron chi connectivity index (χ0n) is 12.0. The molecule has 0 aromatic heterocycles. The lowest BCUT2D eigenvalue weighted by molar-refractivity contribution is -0.375. The van der Waals surface area contributed by atoms with Crippen LogP contribution in [0.3, 0.4) is 0 Å². The molecule has 0 spiro atoms. The Hall–Kier alpha value is -0.440. The fraction of sp³-hybridized carbons (Fsp3) is 1.00. The van der Waals surface area contributed by atoms with Crippen LogP contribution in [-0.2, 0) is 9.47 Å². The molecule has 11 nitrogen and oxygen atoms in total. The lowest BCUT2D eigenvalue weighted by Gasteiger charge is -2.49. The predicted octanol–water partition coefficient (Wildman–Crippen LogP) is -6.01. The Morgan fingerprint density at radius 3 is 2.13 bits per heavy atom. The first-order chi connectivity index (χ1) is 10.6. The molecule has 11 heteroatoms. The number of hydrogen-bond donors (Lipinski definition) is 9. The quantitative estimate of drug-likeness (QED) is 0.236. The van der Waals surface area contributed by atoms with E-state index in [4.69, 9.17) is 14.6 Å². The van der Waals surface area contributed by atoms with Crippen LogP contribution < -0.4 is 0 Å². The Bertz CT molecular complexity index is 406. The summed E-state index contributed by atoms with van der Waals surface area (Å²) >= 11 is 0. The second kappa shape index (κ2) is 6.82. The molecule has 0 saturated carbocycles. The first kappa shape index (κ1) is 18.9. The molecule has 2 saturated heterocycles. The minimum absolute atomic E-state index is 0.622. The third kappa shape index (κ3) is 3.10. The van der Waals surface area contributed by atoms with Crippen LogP contribution in [0.25, 0.3) is 0 Å². The van der Waals surface area contributed by atoms with Gasteiger partial charge < -0.3 is 55.4 Å². The van der Waals surface area contributed by atoms with E-state index in [2.05, 4.69) is 0 Å². The van der Waals surface area contributed by atoms with Gasteiger partial charge in [0.05, 0.1) is 13.2 Å². The van der Waals surface area contributed by atoms with E-state index in [0.29, 0.717) is 0 Å². The maximum atomic E-state index is 10.3. The van der Waals surface area contributed by atoms with Gasteiger partial charge in [0.2, 0.25) is 5.79 Å². The van der Waals surface area contributed by atoms with Crippen LogP contribution in [0.2, 0.25) is 0 Å². The molecule has 136 valence electrons. The molecule has 0 aromatic rings. The fourth-order valence-electron chi connectivity index (χ4n) is 2.74. The van der Waals surface area contributed by atoms with Gasteiger partial charge in [0.25, 0.3) is 0 Å². The van der Waals surface area contributed by atoms with E-state index in [1.807, 2.05) is 0 Å². The van der Waals surface area contributed by atoms with E-state index in [1.54, 1.807) is 0 Å². The first-order valence-corrected chi connectivity index (χ1v) is 7.04. The van der Waals surface area contributed by atoms with E-state index in [1.165, 1.54) is 0 Å². The van der Waals surface area contributed by atoms with Crippen molar-refractivity contribution in [1.82, 2.24) is 0 Å². The minimum Gasteiger partial charge on any atom is -0.394 e. The van der Waals surface area contributed by atoms with Gasteiger partial charge in [0, 0.05) is 0 Å². The van der Waals surface area contributed by atoms with Gasteiger partial charge in [-0.05, 0) is 0 Å². The van der Waals surface area contributed by atoms with Gasteiger partial charge in [0.1, 0.15) is 54.9 Å². The number of rotatable bonds is 3. The molecule has 0 amide bonds. The smallest absolute Gasteiger partial charge is 0.224 e. The lowest BCUT2D eigenvalue weighted by Crippen LogP contribution is -2.72. The van der Waals surface area contributed by atoms with Gasteiger partial charge in [0.15, 0.2) is 0 Å². The highest BCUT2D eigenvalue weighted by Gasteiger charge is 2.59. The largest absolute Gasteiger partial charge is 0.394 e. The van der Waals surface area contributed by atoms with Gasteiger partial charge in [-0.1, -0.05) is 0 Å². The van der Waals surface area contributed by atoms with Gasteiger partial charge in [-0.3, -0.25) is 0 Å². The standard InChI is InChI=1S/C12H22O11/c13-1-4-6(16)7(17)8(18)9(23-4)11(20)12(21)10(19)5(15)3(14)2-22-12/h3-11,13-21H,1-2H2/t3-,4-,5-,6-,7+,8-,9?,10+,11?,12+/m1/s1. The molecule has 0 radical (unpaired) electrons. The molecular weight excluding hydrogens is 320 g/mol. The molecule has 2 aliphatic heterocycles. The van der Waals surface area contributed by atoms with Crippen LogP contribution in [0, 0.1) is 0 Å². The summed E-state index contributed by atoms with van der Waals surface area (Å²) in [7, 11) is 0. The Morgan fingerprint density at radius 1 is 0.957 bits per heavy atom. The fourth-order valence-corrected chi connectivity index (χ4v) is 2.74. The zero-order chi connectivity index (χ0) is 17.5. The van der Waals surface area contributed by atoms with E-state index >= 15 is 0 Å². The summed E-state index contributed by atoms with van der Waals surface area (Å²) in [5, 5.41) is 87.7. The van der Waals surface area contributed by atoms with Crippen molar-refractivity contribution < 1.29 is 55.4 Å². The topological polar surface area (TPSA) is 201 Å². The zero-order valence-corrected chi connectivity index (χ0v) is 12.0. The van der Waals surface area contributed by atoms with Crippen LogP contribution in [0.4, 0.5) is 0 Å². The Morgan fingerprint density at radius 2 is 1.57 bits per heavy atom. The van der Waals surface area contributed by atoms with Crippen molar-refractivity contribution in [3.63, 3.8) is 0 Å². The molecule has 0 aromatic carbocycles. The van der Waals surface area contributed by atoms with Crippen LogP contribution in [0.5, 0.6) is 0 Å². The number of hydrogen-bond acceptors (Lipinski definition) is 11. The lowest BCUT2D eigenvalue weighted by atomic mass is 9.85. The minimum atomic E-state index is -2.81. The van der Waals surface area contributed by atoms with Crippen molar-refractivity contribution in [2.75, 3.05) is 13.2 Å². The summed E-state index contributed by atoms with van der Waals surface area (Å²) in [6, 6.07) is 0. The van der Waals surface area contributed by atoms with Crippen molar-refractivity contribution in [1.29, 1.82) is 0 Å². The Balaban J connectivity index is 2.22. The predicted molar refractivity (Wildman–Crippen MR) is 68.7 cm³/mol. The molecule has 2 aliphatic rings. The molecule has 2 heterocycles. The summed E-state index contributed by atoms with van der Waals surface area (Å²) in [4.78, 5) is 0. The van der Waals surface area contributed by atoms with E-state index in [-0.39, 0.29) is 0 Å². The Labute approximate surface area is 130 Å². The monoisotopic (exact) mass is 342 g/mol. The number of ether oxygens (including phenoxy) is 2. The maximum Gasteiger partial charge on any atom is 0.224 e. The van der Waals surface area contributed by atoms with Crippen LogP contribution in [0.15, 0.2) is 0 Å². The van der Waals surface area contributed by atoms with Crippen LogP contribution in [0.1, 0.15) is 0 Å². The van der Waals surface area contributed by atoms with E-state index in [0.717, 1.165) is 0 Å². The maximum absolute atomic E-state index is 10.3. The van der Waals surface area contributed by atoms with Gasteiger partial charge >= 0.3 is 0 Å². The molecule has 0 bridgehead atoms. The second-order valence-corrected chi connectivity index (χ2v) is 5.80. The second-order valence-electron chi connectivity index (χ2n) is 5.80. The third-order valence-electron chi connectivity index (χ3n) is 4.29. The highest BCUT2D eigenvalue weighted by molar-refractivity contribution is 5.03. The molecule has 2 rings (SSSR count). The van der Waals surface area contributed by atoms with E-state index < -0.39 is 73.9 Å². The molecule has 2 fully saturated rings. The van der Waals surface area contributed by atoms with Gasteiger partial charge in [-0.15, -0.1) is 0 Å². The molecule has 9 N–H and O–H groups in total. The van der Waals surface area contributed by atoms with Crippen LogP contribution >= 0.6 is 0 Å². The van der Waals surface area contributed by atoms with Crippen molar-refractivity contribution in [2.45, 2.75) is 60.7 Å².